The van der Waals surface area contributed by atoms with Crippen LogP contribution in [0.3, 0.4) is 0 Å². The standard InChI is InChI=1S/C22H30ClNO/c1-2-4-20(23)22(25)18-6-3-5-14-11-12-17(13-19(14)18)24-21(15-7-8-15)16-9-10-16/h3,5-6,15-17,20-21,24H,2,4,7-13H2,1H3. The molecular weight excluding hydrogens is 330 g/mol. The van der Waals surface area contributed by atoms with Gasteiger partial charge in [0.2, 0.25) is 0 Å². The monoisotopic (exact) mass is 359 g/mol. The van der Waals surface area contributed by atoms with E-state index in [-0.39, 0.29) is 11.2 Å². The highest BCUT2D eigenvalue weighted by atomic mass is 35.5. The molecule has 1 aromatic carbocycles. The summed E-state index contributed by atoms with van der Waals surface area (Å²) in [6, 6.07) is 7.48. The fourth-order valence-corrected chi connectivity index (χ4v) is 4.89. The Labute approximate surface area is 156 Å². The number of aryl methyl sites for hydroxylation is 1. The molecule has 3 aliphatic rings. The molecule has 1 aromatic rings. The number of hydrogen-bond acceptors (Lipinski definition) is 2. The summed E-state index contributed by atoms with van der Waals surface area (Å²) in [6.07, 6.45) is 10.6. The summed E-state index contributed by atoms with van der Waals surface area (Å²) < 4.78 is 0. The van der Waals surface area contributed by atoms with Crippen molar-refractivity contribution in [3.05, 3.63) is 34.9 Å². The first-order valence-electron chi connectivity index (χ1n) is 10.2. The maximum atomic E-state index is 12.8. The highest BCUT2D eigenvalue weighted by molar-refractivity contribution is 6.34. The summed E-state index contributed by atoms with van der Waals surface area (Å²) >= 11 is 6.36. The summed E-state index contributed by atoms with van der Waals surface area (Å²) in [5, 5.41) is 3.62. The van der Waals surface area contributed by atoms with Crippen molar-refractivity contribution in [3.63, 3.8) is 0 Å². The SMILES string of the molecule is CCCC(Cl)C(=O)c1cccc2c1CC(NC(C1CC1)C1CC1)CC2. The van der Waals surface area contributed by atoms with Gasteiger partial charge >= 0.3 is 0 Å². The lowest BCUT2D eigenvalue weighted by Gasteiger charge is -2.31. The van der Waals surface area contributed by atoms with Gasteiger partial charge in [0.1, 0.15) is 0 Å². The lowest BCUT2D eigenvalue weighted by atomic mass is 9.83. The largest absolute Gasteiger partial charge is 0.310 e. The van der Waals surface area contributed by atoms with E-state index in [1.165, 1.54) is 43.2 Å². The average molecular weight is 360 g/mol. The van der Waals surface area contributed by atoms with E-state index in [2.05, 4.69) is 18.3 Å². The molecule has 4 rings (SSSR count). The van der Waals surface area contributed by atoms with Crippen molar-refractivity contribution < 1.29 is 4.79 Å². The first kappa shape index (κ1) is 17.5. The van der Waals surface area contributed by atoms with Crippen LogP contribution in [0.2, 0.25) is 0 Å². The van der Waals surface area contributed by atoms with Gasteiger partial charge in [-0.05, 0) is 74.3 Å². The van der Waals surface area contributed by atoms with E-state index >= 15 is 0 Å². The molecule has 0 heterocycles. The minimum absolute atomic E-state index is 0.127. The van der Waals surface area contributed by atoms with E-state index in [9.17, 15) is 4.79 Å². The Morgan fingerprint density at radius 3 is 2.56 bits per heavy atom. The van der Waals surface area contributed by atoms with Crippen LogP contribution in [0.5, 0.6) is 0 Å². The van der Waals surface area contributed by atoms with Crippen molar-refractivity contribution in [1.82, 2.24) is 5.32 Å². The number of carbonyl (C=O) groups is 1. The fraction of sp³-hybridized carbons (Fsp3) is 0.682. The minimum atomic E-state index is -0.379. The highest BCUT2D eigenvalue weighted by Crippen LogP contribution is 2.45. The maximum absolute atomic E-state index is 12.8. The molecule has 0 saturated heterocycles. The summed E-state index contributed by atoms with van der Waals surface area (Å²) in [6.45, 7) is 2.08. The lowest BCUT2D eigenvalue weighted by Crippen LogP contribution is -2.44. The Bertz CT molecular complexity index is 623. The van der Waals surface area contributed by atoms with E-state index in [0.29, 0.717) is 6.04 Å². The van der Waals surface area contributed by atoms with Crippen LogP contribution in [0.1, 0.15) is 73.4 Å². The molecule has 2 nitrogen and oxygen atoms in total. The topological polar surface area (TPSA) is 29.1 Å². The number of Topliss-reactive ketones (excluding diaryl/α,β-unsaturated/α-hetero) is 1. The summed E-state index contributed by atoms with van der Waals surface area (Å²) in [5.41, 5.74) is 3.51. The summed E-state index contributed by atoms with van der Waals surface area (Å²) in [7, 11) is 0. The zero-order valence-corrected chi connectivity index (χ0v) is 16.0. The van der Waals surface area contributed by atoms with Crippen molar-refractivity contribution in [2.45, 2.75) is 82.2 Å². The van der Waals surface area contributed by atoms with Gasteiger partial charge in [-0.15, -0.1) is 11.6 Å². The van der Waals surface area contributed by atoms with Crippen LogP contribution in [0.25, 0.3) is 0 Å². The van der Waals surface area contributed by atoms with Crippen molar-refractivity contribution in [2.75, 3.05) is 0 Å². The molecule has 0 bridgehead atoms. The maximum Gasteiger partial charge on any atom is 0.180 e. The number of benzene rings is 1. The molecule has 3 heteroatoms. The number of hydrogen-bond donors (Lipinski definition) is 1. The third kappa shape index (κ3) is 3.95. The molecule has 0 aliphatic heterocycles. The molecular formula is C22H30ClNO. The number of rotatable bonds is 8. The second-order valence-corrected chi connectivity index (χ2v) is 8.90. The molecule has 0 radical (unpaired) electrons. The number of carbonyl (C=O) groups excluding carboxylic acids is 1. The molecule has 2 atom stereocenters. The molecule has 2 saturated carbocycles. The molecule has 1 N–H and O–H groups in total. The molecule has 0 amide bonds. The van der Waals surface area contributed by atoms with Gasteiger partial charge in [0.15, 0.2) is 5.78 Å². The molecule has 3 aliphatic carbocycles. The van der Waals surface area contributed by atoms with Crippen LogP contribution >= 0.6 is 11.6 Å². The average Bonchev–Trinajstić information content (AvgIpc) is 3.52. The van der Waals surface area contributed by atoms with E-state index in [1.54, 1.807) is 0 Å². The van der Waals surface area contributed by atoms with Crippen LogP contribution in [0.4, 0.5) is 0 Å². The minimum Gasteiger partial charge on any atom is -0.310 e. The van der Waals surface area contributed by atoms with Gasteiger partial charge in [0, 0.05) is 17.6 Å². The predicted octanol–water partition coefficient (Wildman–Crippen LogP) is 4.91. The highest BCUT2D eigenvalue weighted by Gasteiger charge is 2.42. The second-order valence-electron chi connectivity index (χ2n) is 8.37. The fourth-order valence-electron chi connectivity index (χ4n) is 4.55. The number of alkyl halides is 1. The van der Waals surface area contributed by atoms with E-state index in [1.807, 2.05) is 12.1 Å². The lowest BCUT2D eigenvalue weighted by molar-refractivity contribution is 0.0982. The van der Waals surface area contributed by atoms with E-state index in [0.717, 1.165) is 49.1 Å². The predicted molar refractivity (Wildman–Crippen MR) is 104 cm³/mol. The Kier molecular flexibility index (Phi) is 5.20. The molecule has 136 valence electrons. The Balaban J connectivity index is 1.50. The van der Waals surface area contributed by atoms with Crippen LogP contribution in [0, 0.1) is 11.8 Å². The van der Waals surface area contributed by atoms with Gasteiger partial charge in [-0.25, -0.2) is 0 Å². The van der Waals surface area contributed by atoms with Crippen molar-refractivity contribution in [1.29, 1.82) is 0 Å². The summed E-state index contributed by atoms with van der Waals surface area (Å²) in [4.78, 5) is 12.8. The molecule has 2 fully saturated rings. The summed E-state index contributed by atoms with van der Waals surface area (Å²) in [5.74, 6) is 1.96. The van der Waals surface area contributed by atoms with Gasteiger partial charge in [-0.2, -0.15) is 0 Å². The third-order valence-electron chi connectivity index (χ3n) is 6.27. The normalized spacial score (nSPS) is 24.2. The van der Waals surface area contributed by atoms with Crippen molar-refractivity contribution >= 4 is 17.4 Å². The third-order valence-corrected chi connectivity index (χ3v) is 6.68. The Morgan fingerprint density at radius 2 is 1.92 bits per heavy atom. The van der Waals surface area contributed by atoms with Crippen LogP contribution in [-0.2, 0) is 12.8 Å². The molecule has 0 aromatic heterocycles. The molecule has 25 heavy (non-hydrogen) atoms. The van der Waals surface area contributed by atoms with Gasteiger partial charge in [-0.3, -0.25) is 4.79 Å². The Morgan fingerprint density at radius 1 is 1.20 bits per heavy atom. The first-order chi connectivity index (χ1) is 12.2. The smallest absolute Gasteiger partial charge is 0.180 e. The van der Waals surface area contributed by atoms with Gasteiger partial charge in [-0.1, -0.05) is 31.5 Å². The van der Waals surface area contributed by atoms with Gasteiger partial charge in [0.25, 0.3) is 0 Å². The first-order valence-corrected chi connectivity index (χ1v) is 10.7. The van der Waals surface area contributed by atoms with Crippen molar-refractivity contribution in [3.8, 4) is 0 Å². The Hall–Kier alpha value is -0.860. The van der Waals surface area contributed by atoms with Crippen LogP contribution in [-0.4, -0.2) is 23.2 Å². The van der Waals surface area contributed by atoms with E-state index in [4.69, 9.17) is 11.6 Å². The number of nitrogens with one attached hydrogen (secondary N) is 1. The number of fused-ring (bicyclic) bond motifs is 1. The van der Waals surface area contributed by atoms with Gasteiger partial charge in [0.05, 0.1) is 5.38 Å². The zero-order valence-electron chi connectivity index (χ0n) is 15.3. The van der Waals surface area contributed by atoms with Gasteiger partial charge < -0.3 is 5.32 Å². The second kappa shape index (κ2) is 7.40. The van der Waals surface area contributed by atoms with Crippen molar-refractivity contribution in [2.24, 2.45) is 11.8 Å². The molecule has 2 unspecified atom stereocenters. The van der Waals surface area contributed by atoms with E-state index < -0.39 is 0 Å². The zero-order chi connectivity index (χ0) is 17.4. The number of halogens is 1. The molecule has 0 spiro atoms. The quantitative estimate of drug-likeness (QED) is 0.527. The number of ketones is 1. The van der Waals surface area contributed by atoms with Crippen LogP contribution < -0.4 is 5.32 Å². The van der Waals surface area contributed by atoms with Crippen LogP contribution in [0.15, 0.2) is 18.2 Å².